The van der Waals surface area contributed by atoms with E-state index < -0.39 is 23.6 Å². The molecule has 0 aliphatic carbocycles. The van der Waals surface area contributed by atoms with E-state index in [2.05, 4.69) is 9.97 Å². The summed E-state index contributed by atoms with van der Waals surface area (Å²) in [6.45, 7) is 5.27. The van der Waals surface area contributed by atoms with Crippen LogP contribution in [0.1, 0.15) is 51.4 Å². The summed E-state index contributed by atoms with van der Waals surface area (Å²) >= 11 is 1.09. The molecule has 158 valence electrons. The number of aromatic nitrogens is 2. The molecular weight excluding hydrogens is 406 g/mol. The molecule has 0 bridgehead atoms. The molecule has 8 nitrogen and oxygen atoms in total. The fourth-order valence-corrected chi connectivity index (χ4v) is 4.02. The van der Waals surface area contributed by atoms with Crippen LogP contribution in [-0.4, -0.2) is 42.6 Å². The van der Waals surface area contributed by atoms with Gasteiger partial charge in [0.1, 0.15) is 9.71 Å². The Morgan fingerprint density at radius 2 is 2.00 bits per heavy atom. The molecule has 0 fully saturated rings. The number of hydrogen-bond donors (Lipinski definition) is 1. The number of hydrogen-bond acceptors (Lipinski definition) is 8. The zero-order chi connectivity index (χ0) is 22.0. The van der Waals surface area contributed by atoms with Gasteiger partial charge in [0.15, 0.2) is 11.9 Å². The number of aromatic amines is 1. The fraction of sp³-hybridized carbons (Fsp3) is 0.333. The molecule has 9 heteroatoms. The normalized spacial score (nSPS) is 11.9. The van der Waals surface area contributed by atoms with Crippen LogP contribution in [0.2, 0.25) is 0 Å². The molecule has 1 unspecified atom stereocenters. The molecule has 0 aliphatic heterocycles. The van der Waals surface area contributed by atoms with Gasteiger partial charge in [-0.05, 0) is 44.5 Å². The van der Waals surface area contributed by atoms with Crippen LogP contribution in [-0.2, 0) is 9.47 Å². The Kier molecular flexibility index (Phi) is 6.21. The first kappa shape index (κ1) is 21.5. The van der Waals surface area contributed by atoms with E-state index >= 15 is 0 Å². The summed E-state index contributed by atoms with van der Waals surface area (Å²) in [5, 5.41) is 0.337. The number of carbonyl (C=O) groups is 2. The van der Waals surface area contributed by atoms with Crippen LogP contribution < -0.4 is 10.5 Å². The van der Waals surface area contributed by atoms with Gasteiger partial charge in [0.25, 0.3) is 5.56 Å². The van der Waals surface area contributed by atoms with Crippen LogP contribution in [0.4, 0.5) is 5.69 Å². The minimum absolute atomic E-state index is 0.210. The summed E-state index contributed by atoms with van der Waals surface area (Å²) in [7, 11) is 3.76. The van der Waals surface area contributed by atoms with Gasteiger partial charge in [-0.2, -0.15) is 0 Å². The molecule has 0 saturated carbocycles. The topological polar surface area (TPSA) is 102 Å². The van der Waals surface area contributed by atoms with E-state index in [9.17, 15) is 14.4 Å². The van der Waals surface area contributed by atoms with E-state index in [0.717, 1.165) is 17.0 Å². The lowest BCUT2D eigenvalue weighted by Gasteiger charge is -2.15. The van der Waals surface area contributed by atoms with E-state index in [0.29, 0.717) is 26.2 Å². The van der Waals surface area contributed by atoms with E-state index in [1.165, 1.54) is 0 Å². The molecule has 1 N–H and O–H groups in total. The van der Waals surface area contributed by atoms with Crippen molar-refractivity contribution in [3.05, 3.63) is 56.4 Å². The highest BCUT2D eigenvalue weighted by atomic mass is 32.1. The highest BCUT2D eigenvalue weighted by molar-refractivity contribution is 7.20. The zero-order valence-corrected chi connectivity index (χ0v) is 18.3. The zero-order valence-electron chi connectivity index (χ0n) is 17.4. The monoisotopic (exact) mass is 429 g/mol. The Hall–Kier alpha value is -3.20. The van der Waals surface area contributed by atoms with Gasteiger partial charge in [0, 0.05) is 19.8 Å². The number of anilines is 1. The number of aryl methyl sites for hydroxylation is 1. The third kappa shape index (κ3) is 4.20. The van der Waals surface area contributed by atoms with Gasteiger partial charge >= 0.3 is 11.9 Å². The van der Waals surface area contributed by atoms with Gasteiger partial charge in [0.2, 0.25) is 0 Å². The van der Waals surface area contributed by atoms with Crippen molar-refractivity contribution in [1.82, 2.24) is 9.97 Å². The van der Waals surface area contributed by atoms with Gasteiger partial charge in [-0.25, -0.2) is 14.6 Å². The number of nitrogens with zero attached hydrogens (tertiary/aromatic N) is 2. The van der Waals surface area contributed by atoms with Gasteiger partial charge < -0.3 is 19.4 Å². The van der Waals surface area contributed by atoms with Crippen molar-refractivity contribution < 1.29 is 19.1 Å². The second kappa shape index (κ2) is 8.66. The predicted octanol–water partition coefficient (Wildman–Crippen LogP) is 3.45. The van der Waals surface area contributed by atoms with E-state index in [1.54, 1.807) is 39.0 Å². The van der Waals surface area contributed by atoms with Crippen molar-refractivity contribution in [1.29, 1.82) is 0 Å². The molecule has 0 saturated heterocycles. The van der Waals surface area contributed by atoms with E-state index in [1.807, 2.05) is 25.1 Å². The quantitative estimate of drug-likeness (QED) is 0.599. The van der Waals surface area contributed by atoms with Gasteiger partial charge in [-0.1, -0.05) is 6.07 Å². The molecule has 0 spiro atoms. The van der Waals surface area contributed by atoms with E-state index in [-0.39, 0.29) is 12.4 Å². The Morgan fingerprint density at radius 1 is 1.27 bits per heavy atom. The number of rotatable bonds is 6. The van der Waals surface area contributed by atoms with E-state index in [4.69, 9.17) is 9.47 Å². The van der Waals surface area contributed by atoms with Crippen molar-refractivity contribution in [2.24, 2.45) is 0 Å². The molecule has 1 atom stereocenters. The third-order valence-electron chi connectivity index (χ3n) is 4.55. The predicted molar refractivity (Wildman–Crippen MR) is 116 cm³/mol. The summed E-state index contributed by atoms with van der Waals surface area (Å²) in [6.07, 6.45) is -0.786. The van der Waals surface area contributed by atoms with Gasteiger partial charge in [-0.15, -0.1) is 11.3 Å². The molecule has 2 heterocycles. The van der Waals surface area contributed by atoms with Crippen LogP contribution in [0.5, 0.6) is 0 Å². The van der Waals surface area contributed by atoms with Crippen molar-refractivity contribution in [2.45, 2.75) is 26.9 Å². The summed E-state index contributed by atoms with van der Waals surface area (Å²) in [4.78, 5) is 47.0. The second-order valence-electron chi connectivity index (χ2n) is 6.90. The van der Waals surface area contributed by atoms with Crippen LogP contribution in [0.25, 0.3) is 10.2 Å². The number of thiophene rings is 1. The summed E-state index contributed by atoms with van der Waals surface area (Å²) < 4.78 is 10.5. The average molecular weight is 429 g/mol. The molecule has 0 radical (unpaired) electrons. The van der Waals surface area contributed by atoms with Gasteiger partial charge in [0.05, 0.1) is 17.6 Å². The first-order chi connectivity index (χ1) is 14.2. The Labute approximate surface area is 177 Å². The Balaban J connectivity index is 1.89. The van der Waals surface area contributed by atoms with Crippen LogP contribution >= 0.6 is 11.3 Å². The summed E-state index contributed by atoms with van der Waals surface area (Å²) in [5.74, 6) is -0.802. The maximum absolute atomic E-state index is 12.6. The highest BCUT2D eigenvalue weighted by Crippen LogP contribution is 2.29. The number of benzene rings is 1. The second-order valence-corrected chi connectivity index (χ2v) is 7.90. The van der Waals surface area contributed by atoms with Crippen molar-refractivity contribution >= 4 is 39.2 Å². The third-order valence-corrected chi connectivity index (χ3v) is 5.71. The highest BCUT2D eigenvalue weighted by Gasteiger charge is 2.22. The molecule has 0 amide bonds. The fourth-order valence-electron chi connectivity index (χ4n) is 2.94. The van der Waals surface area contributed by atoms with Gasteiger partial charge in [-0.3, -0.25) is 4.79 Å². The molecule has 2 aromatic heterocycles. The lowest BCUT2D eigenvalue weighted by molar-refractivity contribution is 0.0319. The minimum atomic E-state index is -0.786. The molecule has 0 aliphatic rings. The first-order valence-corrected chi connectivity index (χ1v) is 10.2. The number of esters is 2. The maximum Gasteiger partial charge on any atom is 0.348 e. The molecule has 1 aromatic carbocycles. The van der Waals surface area contributed by atoms with Crippen LogP contribution in [0.15, 0.2) is 29.1 Å². The number of carbonyl (C=O) groups excluding carboxylic acids is 2. The number of ether oxygens (including phenoxy) is 2. The Morgan fingerprint density at radius 3 is 2.67 bits per heavy atom. The maximum atomic E-state index is 12.6. The number of fused-ring (bicyclic) bond motifs is 1. The Bertz CT molecular complexity index is 1170. The minimum Gasteiger partial charge on any atom is -0.462 e. The SMILES string of the molecule is CCOC(=O)c1sc2nc(C(C)OC(=O)c3cccc(N(C)C)c3)[nH]c(=O)c2c1C. The molecule has 30 heavy (non-hydrogen) atoms. The lowest BCUT2D eigenvalue weighted by atomic mass is 10.2. The van der Waals surface area contributed by atoms with Crippen molar-refractivity contribution in [2.75, 3.05) is 25.6 Å². The largest absolute Gasteiger partial charge is 0.462 e. The number of H-pyrrole nitrogens is 1. The first-order valence-electron chi connectivity index (χ1n) is 9.41. The molecular formula is C21H23N3O5S. The lowest BCUT2D eigenvalue weighted by Crippen LogP contribution is -2.17. The standard InChI is InChI=1S/C21H23N3O5S/c1-6-28-21(27)16-11(2)15-18(25)22-17(23-19(15)30-16)12(3)29-20(26)13-8-7-9-14(10-13)24(4)5/h7-10,12H,6H2,1-5H3,(H,22,23,25). The van der Waals surface area contributed by atoms with Crippen LogP contribution in [0, 0.1) is 6.92 Å². The molecule has 3 aromatic rings. The average Bonchev–Trinajstić information content (AvgIpc) is 3.05. The summed E-state index contributed by atoms with van der Waals surface area (Å²) in [6, 6.07) is 7.04. The van der Waals surface area contributed by atoms with Crippen molar-refractivity contribution in [3.63, 3.8) is 0 Å². The summed E-state index contributed by atoms with van der Waals surface area (Å²) in [5.41, 5.74) is 1.40. The van der Waals surface area contributed by atoms with Crippen LogP contribution in [0.3, 0.4) is 0 Å². The smallest absolute Gasteiger partial charge is 0.348 e. The molecule has 3 rings (SSSR count). The number of nitrogens with one attached hydrogen (secondary N) is 1. The van der Waals surface area contributed by atoms with Crippen molar-refractivity contribution in [3.8, 4) is 0 Å².